The molecule has 2 aromatic rings. The first-order valence-corrected chi connectivity index (χ1v) is 7.21. The number of fused-ring (bicyclic) bond motifs is 1. The Labute approximate surface area is 113 Å². The Balaban J connectivity index is 1.68. The summed E-state index contributed by atoms with van der Waals surface area (Å²) < 4.78 is 5.54. The highest BCUT2D eigenvalue weighted by atomic mass is 16.3. The van der Waals surface area contributed by atoms with Crippen LogP contribution in [0.15, 0.2) is 34.9 Å². The molecule has 0 bridgehead atoms. The second-order valence-corrected chi connectivity index (χ2v) is 5.45. The van der Waals surface area contributed by atoms with Crippen molar-refractivity contribution in [2.75, 3.05) is 0 Å². The molecule has 102 valence electrons. The fourth-order valence-corrected chi connectivity index (χ4v) is 2.94. The molecule has 1 fully saturated rings. The summed E-state index contributed by atoms with van der Waals surface area (Å²) in [5, 5.41) is 14.8. The number of hydrogen-bond acceptors (Lipinski definition) is 3. The normalized spacial score (nSPS) is 24.5. The van der Waals surface area contributed by atoms with Crippen LogP contribution in [0, 0.1) is 0 Å². The van der Waals surface area contributed by atoms with Crippen molar-refractivity contribution >= 4 is 11.0 Å². The molecular weight excluding hydrogens is 238 g/mol. The van der Waals surface area contributed by atoms with Crippen LogP contribution in [0.3, 0.4) is 0 Å². The highest BCUT2D eigenvalue weighted by Gasteiger charge is 2.21. The lowest BCUT2D eigenvalue weighted by molar-refractivity contribution is 0.119. The van der Waals surface area contributed by atoms with Gasteiger partial charge in [0.15, 0.2) is 0 Å². The van der Waals surface area contributed by atoms with Crippen molar-refractivity contribution in [3.63, 3.8) is 0 Å². The van der Waals surface area contributed by atoms with Crippen molar-refractivity contribution in [3.8, 4) is 0 Å². The van der Waals surface area contributed by atoms with Gasteiger partial charge in [-0.3, -0.25) is 0 Å². The first-order chi connectivity index (χ1) is 9.34. The monoisotopic (exact) mass is 259 g/mol. The molecule has 1 saturated carbocycles. The van der Waals surface area contributed by atoms with Gasteiger partial charge >= 0.3 is 0 Å². The molecule has 3 rings (SSSR count). The third-order valence-electron chi connectivity index (χ3n) is 4.10. The Kier molecular flexibility index (Phi) is 3.85. The van der Waals surface area contributed by atoms with E-state index in [1.165, 1.54) is 18.4 Å². The van der Waals surface area contributed by atoms with E-state index in [1.807, 2.05) is 24.5 Å². The topological polar surface area (TPSA) is 45.4 Å². The van der Waals surface area contributed by atoms with Gasteiger partial charge < -0.3 is 14.8 Å². The van der Waals surface area contributed by atoms with Crippen LogP contribution in [0.5, 0.6) is 0 Å². The lowest BCUT2D eigenvalue weighted by Crippen LogP contribution is -2.38. The smallest absolute Gasteiger partial charge is 0.134 e. The first-order valence-electron chi connectivity index (χ1n) is 7.21. The van der Waals surface area contributed by atoms with Crippen molar-refractivity contribution in [1.82, 2.24) is 5.32 Å². The summed E-state index contributed by atoms with van der Waals surface area (Å²) in [6.07, 6.45) is 7.20. The average Bonchev–Trinajstić information content (AvgIpc) is 2.73. The molecular formula is C16H21NO2. The first kappa shape index (κ1) is 12.7. The Morgan fingerprint density at radius 3 is 2.95 bits per heavy atom. The van der Waals surface area contributed by atoms with E-state index in [-0.39, 0.29) is 12.1 Å². The van der Waals surface area contributed by atoms with E-state index in [0.29, 0.717) is 0 Å². The van der Waals surface area contributed by atoms with Crippen LogP contribution in [0.4, 0.5) is 0 Å². The van der Waals surface area contributed by atoms with Gasteiger partial charge in [-0.1, -0.05) is 37.5 Å². The summed E-state index contributed by atoms with van der Waals surface area (Å²) >= 11 is 0. The maximum Gasteiger partial charge on any atom is 0.134 e. The molecule has 0 saturated heterocycles. The van der Waals surface area contributed by atoms with Gasteiger partial charge in [0.1, 0.15) is 5.58 Å². The molecule has 2 N–H and O–H groups in total. The molecule has 3 heteroatoms. The zero-order valence-corrected chi connectivity index (χ0v) is 11.1. The zero-order chi connectivity index (χ0) is 13.1. The van der Waals surface area contributed by atoms with Gasteiger partial charge in [0, 0.05) is 23.5 Å². The van der Waals surface area contributed by atoms with E-state index < -0.39 is 0 Å². The lowest BCUT2D eigenvalue weighted by Gasteiger charge is -2.21. The van der Waals surface area contributed by atoms with Crippen LogP contribution in [0.2, 0.25) is 0 Å². The Hall–Kier alpha value is -1.32. The van der Waals surface area contributed by atoms with Gasteiger partial charge in [0.2, 0.25) is 0 Å². The number of benzene rings is 1. The van der Waals surface area contributed by atoms with Crippen molar-refractivity contribution < 1.29 is 9.52 Å². The molecule has 2 unspecified atom stereocenters. The largest absolute Gasteiger partial charge is 0.464 e. The van der Waals surface area contributed by atoms with Crippen LogP contribution in [0.1, 0.15) is 37.7 Å². The standard InChI is InChI=1S/C16H21NO2/c18-15-8-3-1-2-7-14(15)17-10-12-11-19-16-9-5-4-6-13(12)16/h4-6,9,11,14-15,17-18H,1-3,7-8,10H2. The van der Waals surface area contributed by atoms with E-state index >= 15 is 0 Å². The van der Waals surface area contributed by atoms with Crippen molar-refractivity contribution in [3.05, 3.63) is 36.1 Å². The van der Waals surface area contributed by atoms with Crippen LogP contribution in [0.25, 0.3) is 11.0 Å². The summed E-state index contributed by atoms with van der Waals surface area (Å²) in [6.45, 7) is 0.763. The van der Waals surface area contributed by atoms with Gasteiger partial charge in [0.25, 0.3) is 0 Å². The van der Waals surface area contributed by atoms with Crippen LogP contribution < -0.4 is 5.32 Å². The third-order valence-corrected chi connectivity index (χ3v) is 4.10. The summed E-state index contributed by atoms with van der Waals surface area (Å²) in [5.74, 6) is 0. The summed E-state index contributed by atoms with van der Waals surface area (Å²) in [6, 6.07) is 8.30. The predicted octanol–water partition coefficient (Wildman–Crippen LogP) is 3.22. The maximum absolute atomic E-state index is 10.1. The van der Waals surface area contributed by atoms with Gasteiger partial charge in [-0.25, -0.2) is 0 Å². The number of aliphatic hydroxyl groups excluding tert-OH is 1. The van der Waals surface area contributed by atoms with Crippen molar-refractivity contribution in [1.29, 1.82) is 0 Å². The Morgan fingerprint density at radius 1 is 1.16 bits per heavy atom. The van der Waals surface area contributed by atoms with E-state index in [0.717, 1.165) is 36.8 Å². The number of nitrogens with one attached hydrogen (secondary N) is 1. The number of para-hydroxylation sites is 1. The highest BCUT2D eigenvalue weighted by Crippen LogP contribution is 2.22. The quantitative estimate of drug-likeness (QED) is 0.832. The summed E-state index contributed by atoms with van der Waals surface area (Å²) in [7, 11) is 0. The molecule has 1 aliphatic rings. The minimum absolute atomic E-state index is 0.208. The molecule has 0 amide bonds. The molecule has 1 aliphatic carbocycles. The minimum Gasteiger partial charge on any atom is -0.464 e. The van der Waals surface area contributed by atoms with E-state index in [9.17, 15) is 5.11 Å². The van der Waals surface area contributed by atoms with Gasteiger partial charge in [-0.05, 0) is 18.9 Å². The Bertz CT molecular complexity index is 534. The van der Waals surface area contributed by atoms with Gasteiger partial charge in [0.05, 0.1) is 12.4 Å². The molecule has 0 spiro atoms. The maximum atomic E-state index is 10.1. The molecule has 2 atom stereocenters. The molecule has 0 radical (unpaired) electrons. The zero-order valence-electron chi connectivity index (χ0n) is 11.1. The van der Waals surface area contributed by atoms with Crippen molar-refractivity contribution in [2.45, 2.75) is 50.8 Å². The number of aliphatic hydroxyl groups is 1. The molecule has 3 nitrogen and oxygen atoms in total. The van der Waals surface area contributed by atoms with Crippen LogP contribution in [-0.4, -0.2) is 17.3 Å². The molecule has 0 aliphatic heterocycles. The number of rotatable bonds is 3. The Morgan fingerprint density at radius 2 is 2.00 bits per heavy atom. The SMILES string of the molecule is OC1CCCCCC1NCc1coc2ccccc12. The third kappa shape index (κ3) is 2.82. The molecule has 1 aromatic heterocycles. The minimum atomic E-state index is -0.208. The fourth-order valence-electron chi connectivity index (χ4n) is 2.94. The molecule has 1 aromatic carbocycles. The van der Waals surface area contributed by atoms with Crippen LogP contribution >= 0.6 is 0 Å². The second-order valence-electron chi connectivity index (χ2n) is 5.45. The number of hydrogen-bond donors (Lipinski definition) is 2. The van der Waals surface area contributed by atoms with Gasteiger partial charge in [-0.2, -0.15) is 0 Å². The van der Waals surface area contributed by atoms with E-state index in [4.69, 9.17) is 4.42 Å². The second kappa shape index (κ2) is 5.76. The number of furan rings is 1. The van der Waals surface area contributed by atoms with Crippen molar-refractivity contribution in [2.24, 2.45) is 0 Å². The van der Waals surface area contributed by atoms with Gasteiger partial charge in [-0.15, -0.1) is 0 Å². The molecule has 1 heterocycles. The predicted molar refractivity (Wildman–Crippen MR) is 75.9 cm³/mol. The lowest BCUT2D eigenvalue weighted by atomic mass is 10.1. The average molecular weight is 259 g/mol. The fraction of sp³-hybridized carbons (Fsp3) is 0.500. The summed E-state index contributed by atoms with van der Waals surface area (Å²) in [4.78, 5) is 0. The van der Waals surface area contributed by atoms with E-state index in [1.54, 1.807) is 0 Å². The van der Waals surface area contributed by atoms with Crippen LogP contribution in [-0.2, 0) is 6.54 Å². The highest BCUT2D eigenvalue weighted by molar-refractivity contribution is 5.80. The molecule has 19 heavy (non-hydrogen) atoms. The van der Waals surface area contributed by atoms with E-state index in [2.05, 4.69) is 11.4 Å². The summed E-state index contributed by atoms with van der Waals surface area (Å²) in [5.41, 5.74) is 2.10.